The van der Waals surface area contributed by atoms with Gasteiger partial charge in [-0.15, -0.1) is 0 Å². The highest BCUT2D eigenvalue weighted by atomic mass is 35.5. The largest absolute Gasteiger partial charge is 0.394 e. The average Bonchev–Trinajstić information content (AvgIpc) is 2.24. The van der Waals surface area contributed by atoms with Gasteiger partial charge in [0.15, 0.2) is 0 Å². The monoisotopic (exact) mass is 253 g/mol. The predicted octanol–water partition coefficient (Wildman–Crippen LogP) is 0.566. The van der Waals surface area contributed by atoms with Crippen molar-refractivity contribution < 1.29 is 13.9 Å². The molecule has 0 spiro atoms. The van der Waals surface area contributed by atoms with Gasteiger partial charge in [0, 0.05) is 0 Å². The molecule has 90 valence electrons. The minimum atomic E-state index is -2.55. The predicted molar refractivity (Wildman–Crippen MR) is 55.1 cm³/mol. The molecule has 0 atom stereocenters. The number of nitrogens with one attached hydrogen (secondary N) is 1. The van der Waals surface area contributed by atoms with Crippen molar-refractivity contribution in [2.75, 3.05) is 18.5 Å². The third-order valence-electron chi connectivity index (χ3n) is 1.74. The van der Waals surface area contributed by atoms with Gasteiger partial charge in [0.05, 0.1) is 31.6 Å². The van der Waals surface area contributed by atoms with Crippen molar-refractivity contribution in [2.45, 2.75) is 13.0 Å². The van der Waals surface area contributed by atoms with E-state index in [9.17, 15) is 13.6 Å². The van der Waals surface area contributed by atoms with Crippen LogP contribution in [-0.4, -0.2) is 34.5 Å². The van der Waals surface area contributed by atoms with E-state index in [-0.39, 0.29) is 23.9 Å². The molecule has 0 aromatic carbocycles. The second-order valence-electron chi connectivity index (χ2n) is 2.90. The summed E-state index contributed by atoms with van der Waals surface area (Å²) >= 11 is 5.66. The lowest BCUT2D eigenvalue weighted by Gasteiger charge is -2.08. The lowest BCUT2D eigenvalue weighted by Crippen LogP contribution is -2.26. The van der Waals surface area contributed by atoms with Crippen LogP contribution in [0.2, 0.25) is 5.02 Å². The molecule has 8 heteroatoms. The number of hydrogen-bond donors (Lipinski definition) is 2. The Hall–Kier alpha value is -1.21. The molecule has 0 amide bonds. The normalized spacial score (nSPS) is 10.8. The first-order valence-corrected chi connectivity index (χ1v) is 4.82. The van der Waals surface area contributed by atoms with Crippen LogP contribution in [0.1, 0.15) is 0 Å². The Morgan fingerprint density at radius 3 is 2.88 bits per heavy atom. The molecule has 0 saturated carbocycles. The van der Waals surface area contributed by atoms with Gasteiger partial charge in [-0.25, -0.2) is 13.5 Å². The summed E-state index contributed by atoms with van der Waals surface area (Å²) < 4.78 is 24.8. The first-order valence-electron chi connectivity index (χ1n) is 4.44. The van der Waals surface area contributed by atoms with Gasteiger partial charge in [-0.05, 0) is 0 Å². The Kier molecular flexibility index (Phi) is 4.63. The van der Waals surface area contributed by atoms with Crippen LogP contribution in [0.25, 0.3) is 0 Å². The van der Waals surface area contributed by atoms with Gasteiger partial charge < -0.3 is 10.4 Å². The van der Waals surface area contributed by atoms with E-state index in [0.717, 1.165) is 4.68 Å². The maximum Gasteiger partial charge on any atom is 0.287 e. The molecule has 0 aliphatic heterocycles. The Morgan fingerprint density at radius 1 is 1.62 bits per heavy atom. The topological polar surface area (TPSA) is 67.2 Å². The second-order valence-corrected chi connectivity index (χ2v) is 3.27. The van der Waals surface area contributed by atoms with Crippen molar-refractivity contribution in [1.82, 2.24) is 9.78 Å². The van der Waals surface area contributed by atoms with Crippen LogP contribution in [0.15, 0.2) is 11.0 Å². The van der Waals surface area contributed by atoms with E-state index in [0.29, 0.717) is 0 Å². The third kappa shape index (κ3) is 3.14. The minimum absolute atomic E-state index is 0.00762. The van der Waals surface area contributed by atoms with Gasteiger partial charge in [0.1, 0.15) is 5.02 Å². The van der Waals surface area contributed by atoms with E-state index in [1.165, 1.54) is 6.20 Å². The van der Waals surface area contributed by atoms with Crippen LogP contribution in [0.5, 0.6) is 0 Å². The smallest absolute Gasteiger partial charge is 0.287 e. The van der Waals surface area contributed by atoms with E-state index < -0.39 is 18.5 Å². The first-order chi connectivity index (χ1) is 7.56. The zero-order chi connectivity index (χ0) is 12.1. The van der Waals surface area contributed by atoms with Crippen LogP contribution in [0.4, 0.5) is 14.5 Å². The molecule has 1 heterocycles. The molecule has 1 rings (SSSR count). The quantitative estimate of drug-likeness (QED) is 0.805. The number of rotatable bonds is 5. The average molecular weight is 254 g/mol. The summed E-state index contributed by atoms with van der Waals surface area (Å²) in [4.78, 5) is 11.5. The molecule has 1 aromatic rings. The summed E-state index contributed by atoms with van der Waals surface area (Å²) in [7, 11) is 0. The number of aliphatic hydroxyl groups is 1. The lowest BCUT2D eigenvalue weighted by molar-refractivity contribution is 0.163. The van der Waals surface area contributed by atoms with E-state index in [2.05, 4.69) is 10.4 Å². The van der Waals surface area contributed by atoms with Gasteiger partial charge in [0.2, 0.25) is 0 Å². The zero-order valence-corrected chi connectivity index (χ0v) is 8.92. The Labute approximate surface area is 94.6 Å². The zero-order valence-electron chi connectivity index (χ0n) is 8.16. The standard InChI is InChI=1S/C8H10ClF2N3O2/c9-7-5(12-4-6(10)11)3-13-14(1-2-15)8(7)16/h3,6,12,15H,1-2,4H2. The highest BCUT2D eigenvalue weighted by Crippen LogP contribution is 2.15. The van der Waals surface area contributed by atoms with Crippen molar-refractivity contribution in [3.63, 3.8) is 0 Å². The fourth-order valence-corrected chi connectivity index (χ4v) is 1.24. The van der Waals surface area contributed by atoms with Crippen LogP contribution in [0.3, 0.4) is 0 Å². The molecule has 0 radical (unpaired) electrons. The number of aliphatic hydroxyl groups excluding tert-OH is 1. The van der Waals surface area contributed by atoms with Gasteiger partial charge in [-0.3, -0.25) is 4.79 Å². The van der Waals surface area contributed by atoms with E-state index in [1.807, 2.05) is 0 Å². The van der Waals surface area contributed by atoms with E-state index in [4.69, 9.17) is 16.7 Å². The fourth-order valence-electron chi connectivity index (χ4n) is 1.03. The molecule has 0 bridgehead atoms. The van der Waals surface area contributed by atoms with Crippen LogP contribution in [0, 0.1) is 0 Å². The maximum absolute atomic E-state index is 11.9. The Morgan fingerprint density at radius 2 is 2.31 bits per heavy atom. The molecular weight excluding hydrogens is 244 g/mol. The number of nitrogens with zero attached hydrogens (tertiary/aromatic N) is 2. The number of aromatic nitrogens is 2. The maximum atomic E-state index is 11.9. The number of anilines is 1. The summed E-state index contributed by atoms with van der Waals surface area (Å²) in [5, 5.41) is 14.4. The molecule has 16 heavy (non-hydrogen) atoms. The molecule has 0 aliphatic rings. The molecule has 2 N–H and O–H groups in total. The van der Waals surface area contributed by atoms with Crippen molar-refractivity contribution in [3.8, 4) is 0 Å². The van der Waals surface area contributed by atoms with Crippen molar-refractivity contribution >= 4 is 17.3 Å². The number of hydrogen-bond acceptors (Lipinski definition) is 4. The molecule has 0 aliphatic carbocycles. The molecule has 1 aromatic heterocycles. The van der Waals surface area contributed by atoms with Gasteiger partial charge in [-0.1, -0.05) is 11.6 Å². The molecular formula is C8H10ClF2N3O2. The van der Waals surface area contributed by atoms with Crippen LogP contribution < -0.4 is 10.9 Å². The SMILES string of the molecule is O=c1c(Cl)c(NCC(F)F)cnn1CCO. The molecule has 5 nitrogen and oxygen atoms in total. The first kappa shape index (κ1) is 12.9. The van der Waals surface area contributed by atoms with Gasteiger partial charge >= 0.3 is 0 Å². The number of halogens is 3. The number of alkyl halides is 2. The molecule has 0 saturated heterocycles. The summed E-state index contributed by atoms with van der Waals surface area (Å²) in [6.07, 6.45) is -1.38. The summed E-state index contributed by atoms with van der Waals surface area (Å²) in [5.41, 5.74) is -0.573. The Balaban J connectivity index is 2.89. The third-order valence-corrected chi connectivity index (χ3v) is 2.11. The van der Waals surface area contributed by atoms with Gasteiger partial charge in [0.25, 0.3) is 12.0 Å². The van der Waals surface area contributed by atoms with Crippen molar-refractivity contribution in [2.24, 2.45) is 0 Å². The van der Waals surface area contributed by atoms with Crippen molar-refractivity contribution in [1.29, 1.82) is 0 Å². The summed E-state index contributed by atoms with van der Waals surface area (Å²) in [6.45, 7) is -0.856. The van der Waals surface area contributed by atoms with Gasteiger partial charge in [-0.2, -0.15) is 5.10 Å². The highest BCUT2D eigenvalue weighted by Gasteiger charge is 2.10. The van der Waals surface area contributed by atoms with Crippen LogP contribution >= 0.6 is 11.6 Å². The van der Waals surface area contributed by atoms with E-state index in [1.54, 1.807) is 0 Å². The second kappa shape index (κ2) is 5.76. The Bertz CT molecular complexity index is 411. The molecule has 0 unspecified atom stereocenters. The van der Waals surface area contributed by atoms with Crippen molar-refractivity contribution in [3.05, 3.63) is 21.6 Å². The molecule has 0 fully saturated rings. The summed E-state index contributed by atoms with van der Waals surface area (Å²) in [5.74, 6) is 0. The summed E-state index contributed by atoms with van der Waals surface area (Å²) in [6, 6.07) is 0. The highest BCUT2D eigenvalue weighted by molar-refractivity contribution is 6.32. The van der Waals surface area contributed by atoms with Crippen LogP contribution in [-0.2, 0) is 6.54 Å². The lowest BCUT2D eigenvalue weighted by atomic mass is 10.4. The fraction of sp³-hybridized carbons (Fsp3) is 0.500. The minimum Gasteiger partial charge on any atom is -0.394 e. The van der Waals surface area contributed by atoms with E-state index >= 15 is 0 Å².